The van der Waals surface area contributed by atoms with Gasteiger partial charge in [0.25, 0.3) is 0 Å². The van der Waals surface area contributed by atoms with Crippen LogP contribution in [-0.4, -0.2) is 60.7 Å². The molecule has 25 heavy (non-hydrogen) atoms. The Kier molecular flexibility index (Phi) is 5.36. The fourth-order valence-electron chi connectivity index (χ4n) is 3.17. The SMILES string of the molecule is COC[C@@H]1CN(Cc2nnc(-c3ccc(OC)cc3)o2)CC(C)(C)O1. The van der Waals surface area contributed by atoms with E-state index in [1.165, 1.54) is 0 Å². The van der Waals surface area contributed by atoms with Gasteiger partial charge in [0, 0.05) is 25.8 Å². The summed E-state index contributed by atoms with van der Waals surface area (Å²) in [6.07, 6.45) is 0.0396. The second-order valence-corrected chi connectivity index (χ2v) is 6.85. The average Bonchev–Trinajstić information content (AvgIpc) is 3.02. The minimum Gasteiger partial charge on any atom is -0.497 e. The van der Waals surface area contributed by atoms with E-state index < -0.39 is 0 Å². The maximum atomic E-state index is 6.03. The lowest BCUT2D eigenvalue weighted by Crippen LogP contribution is -2.53. The minimum absolute atomic E-state index is 0.0396. The molecule has 2 aromatic rings. The second-order valence-electron chi connectivity index (χ2n) is 6.85. The van der Waals surface area contributed by atoms with Gasteiger partial charge in [-0.2, -0.15) is 0 Å². The Balaban J connectivity index is 1.67. The molecule has 1 aromatic heterocycles. The van der Waals surface area contributed by atoms with Crippen LogP contribution in [0.25, 0.3) is 11.5 Å². The van der Waals surface area contributed by atoms with Crippen molar-refractivity contribution >= 4 is 0 Å². The fourth-order valence-corrected chi connectivity index (χ4v) is 3.17. The van der Waals surface area contributed by atoms with Crippen LogP contribution in [0.1, 0.15) is 19.7 Å². The predicted octanol–water partition coefficient (Wildman–Crippen LogP) is 2.37. The molecule has 1 aromatic carbocycles. The van der Waals surface area contributed by atoms with Gasteiger partial charge in [0.2, 0.25) is 11.8 Å². The van der Waals surface area contributed by atoms with Crippen LogP contribution in [0.15, 0.2) is 28.7 Å². The molecule has 1 aliphatic heterocycles. The summed E-state index contributed by atoms with van der Waals surface area (Å²) < 4.78 is 22.3. The molecule has 0 spiro atoms. The minimum atomic E-state index is -0.236. The first-order valence-electron chi connectivity index (χ1n) is 8.35. The zero-order valence-corrected chi connectivity index (χ0v) is 15.2. The smallest absolute Gasteiger partial charge is 0.247 e. The Morgan fingerprint density at radius 2 is 1.96 bits per heavy atom. The van der Waals surface area contributed by atoms with Crippen LogP contribution >= 0.6 is 0 Å². The summed E-state index contributed by atoms with van der Waals surface area (Å²) in [6, 6.07) is 7.56. The molecule has 0 radical (unpaired) electrons. The summed E-state index contributed by atoms with van der Waals surface area (Å²) >= 11 is 0. The van der Waals surface area contributed by atoms with Gasteiger partial charge in [0.1, 0.15) is 5.75 Å². The van der Waals surface area contributed by atoms with Gasteiger partial charge in [-0.05, 0) is 38.1 Å². The summed E-state index contributed by atoms with van der Waals surface area (Å²) in [4.78, 5) is 2.26. The van der Waals surface area contributed by atoms with Crippen LogP contribution in [0, 0.1) is 0 Å². The monoisotopic (exact) mass is 347 g/mol. The molecule has 7 nitrogen and oxygen atoms in total. The van der Waals surface area contributed by atoms with E-state index in [9.17, 15) is 0 Å². The molecule has 136 valence electrons. The van der Waals surface area contributed by atoms with Crippen molar-refractivity contribution in [1.82, 2.24) is 15.1 Å². The highest BCUT2D eigenvalue weighted by Crippen LogP contribution is 2.24. The molecule has 1 saturated heterocycles. The van der Waals surface area contributed by atoms with Crippen molar-refractivity contribution in [2.45, 2.75) is 32.1 Å². The second kappa shape index (κ2) is 7.51. The maximum absolute atomic E-state index is 6.03. The number of aromatic nitrogens is 2. The van der Waals surface area contributed by atoms with E-state index >= 15 is 0 Å². The first-order valence-corrected chi connectivity index (χ1v) is 8.35. The van der Waals surface area contributed by atoms with Crippen molar-refractivity contribution in [3.8, 4) is 17.2 Å². The lowest BCUT2D eigenvalue weighted by atomic mass is 10.1. The van der Waals surface area contributed by atoms with E-state index in [0.717, 1.165) is 24.4 Å². The Morgan fingerprint density at radius 3 is 2.64 bits per heavy atom. The fraction of sp³-hybridized carbons (Fsp3) is 0.556. The summed E-state index contributed by atoms with van der Waals surface area (Å²) in [5.74, 6) is 1.90. The lowest BCUT2D eigenvalue weighted by molar-refractivity contribution is -0.155. The number of ether oxygens (including phenoxy) is 3. The molecule has 0 aliphatic carbocycles. The van der Waals surface area contributed by atoms with Gasteiger partial charge in [0.05, 0.1) is 32.0 Å². The molecular weight excluding hydrogens is 322 g/mol. The van der Waals surface area contributed by atoms with Crippen LogP contribution in [0.2, 0.25) is 0 Å². The zero-order chi connectivity index (χ0) is 17.9. The maximum Gasteiger partial charge on any atom is 0.247 e. The van der Waals surface area contributed by atoms with Crippen molar-refractivity contribution in [1.29, 1.82) is 0 Å². The van der Waals surface area contributed by atoms with Gasteiger partial charge in [0.15, 0.2) is 0 Å². The van der Waals surface area contributed by atoms with Crippen LogP contribution in [-0.2, 0) is 16.0 Å². The molecule has 0 unspecified atom stereocenters. The Morgan fingerprint density at radius 1 is 1.20 bits per heavy atom. The van der Waals surface area contributed by atoms with Gasteiger partial charge in [-0.3, -0.25) is 4.90 Å². The van der Waals surface area contributed by atoms with E-state index in [2.05, 4.69) is 28.9 Å². The van der Waals surface area contributed by atoms with E-state index in [1.807, 2.05) is 24.3 Å². The number of nitrogens with zero attached hydrogens (tertiary/aromatic N) is 3. The standard InChI is InChI=1S/C18H25N3O4/c1-18(2)12-21(9-15(25-18)11-22-3)10-16-19-20-17(24-16)13-5-7-14(23-4)8-6-13/h5-8,15H,9-12H2,1-4H3/t15-/m0/s1. The molecule has 3 rings (SSSR count). The first kappa shape index (κ1) is 17.8. The quantitative estimate of drug-likeness (QED) is 0.794. The molecule has 1 atom stereocenters. The Hall–Kier alpha value is -1.96. The number of morpholine rings is 1. The molecular formula is C18H25N3O4. The normalized spacial score (nSPS) is 20.6. The molecule has 0 bridgehead atoms. The van der Waals surface area contributed by atoms with Gasteiger partial charge in [-0.25, -0.2) is 0 Å². The van der Waals surface area contributed by atoms with Crippen molar-refractivity contribution in [3.63, 3.8) is 0 Å². The van der Waals surface area contributed by atoms with Crippen LogP contribution in [0.5, 0.6) is 5.75 Å². The van der Waals surface area contributed by atoms with Crippen molar-refractivity contribution in [3.05, 3.63) is 30.2 Å². The number of methoxy groups -OCH3 is 2. The Labute approximate surface area is 147 Å². The molecule has 0 N–H and O–H groups in total. The average molecular weight is 347 g/mol. The topological polar surface area (TPSA) is 69.9 Å². The van der Waals surface area contributed by atoms with Gasteiger partial charge in [-0.1, -0.05) is 0 Å². The third kappa shape index (κ3) is 4.56. The third-order valence-electron chi connectivity index (χ3n) is 4.07. The van der Waals surface area contributed by atoms with Gasteiger partial charge < -0.3 is 18.6 Å². The molecule has 7 heteroatoms. The summed E-state index contributed by atoms with van der Waals surface area (Å²) in [5, 5.41) is 8.35. The summed E-state index contributed by atoms with van der Waals surface area (Å²) in [5.41, 5.74) is 0.638. The predicted molar refractivity (Wildman–Crippen MR) is 92.4 cm³/mol. The lowest BCUT2D eigenvalue weighted by Gasteiger charge is -2.42. The molecule has 1 aliphatic rings. The van der Waals surface area contributed by atoms with E-state index in [0.29, 0.717) is 24.9 Å². The number of benzene rings is 1. The number of hydrogen-bond acceptors (Lipinski definition) is 7. The van der Waals surface area contributed by atoms with Crippen LogP contribution in [0.3, 0.4) is 0 Å². The largest absolute Gasteiger partial charge is 0.497 e. The zero-order valence-electron chi connectivity index (χ0n) is 15.2. The van der Waals surface area contributed by atoms with Crippen molar-refractivity contribution in [2.24, 2.45) is 0 Å². The summed E-state index contributed by atoms with van der Waals surface area (Å²) in [7, 11) is 3.33. The Bertz CT molecular complexity index is 684. The van der Waals surface area contributed by atoms with Crippen molar-refractivity contribution < 1.29 is 18.6 Å². The van der Waals surface area contributed by atoms with Gasteiger partial charge in [-0.15, -0.1) is 10.2 Å². The first-order chi connectivity index (χ1) is 12.0. The van der Waals surface area contributed by atoms with Gasteiger partial charge >= 0.3 is 0 Å². The highest BCUT2D eigenvalue weighted by atomic mass is 16.5. The molecule has 2 heterocycles. The van der Waals surface area contributed by atoms with Crippen LogP contribution < -0.4 is 4.74 Å². The molecule has 1 fully saturated rings. The van der Waals surface area contributed by atoms with E-state index in [-0.39, 0.29) is 11.7 Å². The third-order valence-corrected chi connectivity index (χ3v) is 4.07. The van der Waals surface area contributed by atoms with E-state index in [4.69, 9.17) is 18.6 Å². The van der Waals surface area contributed by atoms with Crippen LogP contribution in [0.4, 0.5) is 0 Å². The van der Waals surface area contributed by atoms with Crippen molar-refractivity contribution in [2.75, 3.05) is 33.9 Å². The highest BCUT2D eigenvalue weighted by Gasteiger charge is 2.34. The number of rotatable bonds is 6. The highest BCUT2D eigenvalue weighted by molar-refractivity contribution is 5.53. The molecule has 0 amide bonds. The number of hydrogen-bond donors (Lipinski definition) is 0. The van der Waals surface area contributed by atoms with E-state index in [1.54, 1.807) is 14.2 Å². The molecule has 0 saturated carbocycles. The summed E-state index contributed by atoms with van der Waals surface area (Å²) in [6.45, 7) is 6.90.